The van der Waals surface area contributed by atoms with Crippen molar-refractivity contribution >= 4 is 22.0 Å². The Kier molecular flexibility index (Phi) is 5.27. The maximum Gasteiger partial charge on any atom is 0.407 e. The van der Waals surface area contributed by atoms with E-state index in [1.54, 1.807) is 0 Å². The predicted octanol–water partition coefficient (Wildman–Crippen LogP) is 3.98. The summed E-state index contributed by atoms with van der Waals surface area (Å²) in [5.74, 6) is 0. The fraction of sp³-hybridized carbons (Fsp3) is 0.562. The van der Waals surface area contributed by atoms with Gasteiger partial charge in [-0.05, 0) is 50.8 Å². The van der Waals surface area contributed by atoms with Gasteiger partial charge in [0, 0.05) is 11.1 Å². The highest BCUT2D eigenvalue weighted by Gasteiger charge is 2.23. The van der Waals surface area contributed by atoms with Gasteiger partial charge in [-0.3, -0.25) is 0 Å². The summed E-state index contributed by atoms with van der Waals surface area (Å²) in [6.45, 7) is 6.66. The van der Waals surface area contributed by atoms with Gasteiger partial charge in [-0.25, -0.2) is 4.79 Å². The molecule has 0 saturated carbocycles. The summed E-state index contributed by atoms with van der Waals surface area (Å²) in [4.78, 5) is 11.8. The van der Waals surface area contributed by atoms with Crippen LogP contribution >= 0.6 is 15.9 Å². The van der Waals surface area contributed by atoms with Crippen LogP contribution in [0.3, 0.4) is 0 Å². The highest BCUT2D eigenvalue weighted by molar-refractivity contribution is 9.10. The number of hydrogen-bond acceptors (Lipinski definition) is 3. The lowest BCUT2D eigenvalue weighted by molar-refractivity contribution is 0.0359. The molecule has 5 heteroatoms. The Balaban J connectivity index is 2.04. The second kappa shape index (κ2) is 6.79. The number of amides is 1. The molecule has 1 aromatic carbocycles. The van der Waals surface area contributed by atoms with E-state index >= 15 is 0 Å². The minimum atomic E-state index is -0.491. The van der Waals surface area contributed by atoms with Crippen molar-refractivity contribution in [1.29, 1.82) is 0 Å². The van der Waals surface area contributed by atoms with Crippen molar-refractivity contribution in [3.63, 3.8) is 0 Å². The maximum absolute atomic E-state index is 11.8. The third-order valence-electron chi connectivity index (χ3n) is 3.22. The standard InChI is InChI=1S/C16H22BrNO3/c1-16(2,3)21-15(19)18-10-14-12-6-4-8-13(17)11(12)7-5-9-20-14/h4,6,8,14H,5,7,9-10H2,1-3H3,(H,18,19). The molecular formula is C16H22BrNO3. The summed E-state index contributed by atoms with van der Waals surface area (Å²) in [6.07, 6.45) is 1.43. The summed E-state index contributed by atoms with van der Waals surface area (Å²) in [5, 5.41) is 2.80. The number of fused-ring (bicyclic) bond motifs is 1. The van der Waals surface area contributed by atoms with Crippen molar-refractivity contribution in [2.45, 2.75) is 45.3 Å². The number of nitrogens with one attached hydrogen (secondary N) is 1. The Morgan fingerprint density at radius 2 is 2.24 bits per heavy atom. The molecule has 1 amide bonds. The normalized spacial score (nSPS) is 18.6. The molecule has 116 valence electrons. The lowest BCUT2D eigenvalue weighted by atomic mass is 10.00. The largest absolute Gasteiger partial charge is 0.444 e. The Bertz CT molecular complexity index is 511. The van der Waals surface area contributed by atoms with E-state index < -0.39 is 11.7 Å². The molecule has 1 unspecified atom stereocenters. The van der Waals surface area contributed by atoms with Crippen LogP contribution in [0.2, 0.25) is 0 Å². The van der Waals surface area contributed by atoms with E-state index in [-0.39, 0.29) is 6.10 Å². The van der Waals surface area contributed by atoms with Gasteiger partial charge >= 0.3 is 6.09 Å². The van der Waals surface area contributed by atoms with Crippen LogP contribution in [0.4, 0.5) is 4.79 Å². The maximum atomic E-state index is 11.8. The van der Waals surface area contributed by atoms with Gasteiger partial charge in [0.1, 0.15) is 11.7 Å². The fourth-order valence-corrected chi connectivity index (χ4v) is 2.94. The first-order valence-electron chi connectivity index (χ1n) is 7.22. The second-order valence-electron chi connectivity index (χ2n) is 6.15. The van der Waals surface area contributed by atoms with Crippen LogP contribution in [0.15, 0.2) is 22.7 Å². The molecule has 0 saturated heterocycles. The Hall–Kier alpha value is -1.07. The number of rotatable bonds is 2. The molecule has 2 rings (SSSR count). The third-order valence-corrected chi connectivity index (χ3v) is 3.97. The van der Waals surface area contributed by atoms with Crippen molar-refractivity contribution in [2.75, 3.05) is 13.2 Å². The number of hydrogen-bond donors (Lipinski definition) is 1. The van der Waals surface area contributed by atoms with E-state index in [0.29, 0.717) is 13.2 Å². The molecule has 1 aliphatic rings. The molecule has 1 atom stereocenters. The molecule has 0 aromatic heterocycles. The molecule has 0 radical (unpaired) electrons. The Morgan fingerprint density at radius 3 is 2.95 bits per heavy atom. The van der Waals surface area contributed by atoms with E-state index in [1.807, 2.05) is 32.9 Å². The highest BCUT2D eigenvalue weighted by atomic mass is 79.9. The quantitative estimate of drug-likeness (QED) is 0.872. The monoisotopic (exact) mass is 355 g/mol. The number of carbonyl (C=O) groups is 1. The van der Waals surface area contributed by atoms with E-state index in [2.05, 4.69) is 27.3 Å². The zero-order valence-electron chi connectivity index (χ0n) is 12.7. The summed E-state index contributed by atoms with van der Waals surface area (Å²) >= 11 is 3.60. The van der Waals surface area contributed by atoms with Gasteiger partial charge in [0.15, 0.2) is 0 Å². The number of carbonyl (C=O) groups excluding carboxylic acids is 1. The van der Waals surface area contributed by atoms with Gasteiger partial charge in [0.25, 0.3) is 0 Å². The van der Waals surface area contributed by atoms with E-state index in [9.17, 15) is 4.79 Å². The van der Waals surface area contributed by atoms with Crippen LogP contribution in [-0.4, -0.2) is 24.8 Å². The van der Waals surface area contributed by atoms with Crippen LogP contribution in [-0.2, 0) is 15.9 Å². The number of ether oxygens (including phenoxy) is 2. The molecule has 0 aliphatic carbocycles. The van der Waals surface area contributed by atoms with Crippen LogP contribution in [0.5, 0.6) is 0 Å². The van der Waals surface area contributed by atoms with Crippen LogP contribution in [0.1, 0.15) is 44.4 Å². The molecule has 21 heavy (non-hydrogen) atoms. The van der Waals surface area contributed by atoms with Crippen molar-refractivity contribution in [1.82, 2.24) is 5.32 Å². The molecule has 4 nitrogen and oxygen atoms in total. The zero-order chi connectivity index (χ0) is 15.5. The highest BCUT2D eigenvalue weighted by Crippen LogP contribution is 2.31. The average Bonchev–Trinajstić information content (AvgIpc) is 2.58. The van der Waals surface area contributed by atoms with E-state index in [1.165, 1.54) is 5.56 Å². The molecule has 1 N–H and O–H groups in total. The van der Waals surface area contributed by atoms with Crippen LogP contribution < -0.4 is 5.32 Å². The van der Waals surface area contributed by atoms with Gasteiger partial charge < -0.3 is 14.8 Å². The summed E-state index contributed by atoms with van der Waals surface area (Å²) in [5.41, 5.74) is 1.92. The number of benzene rings is 1. The number of alkyl carbamates (subject to hydrolysis) is 1. The first kappa shape index (κ1) is 16.3. The minimum Gasteiger partial charge on any atom is -0.444 e. The molecule has 1 heterocycles. The lowest BCUT2D eigenvalue weighted by Crippen LogP contribution is -2.35. The lowest BCUT2D eigenvalue weighted by Gasteiger charge is -2.22. The van der Waals surface area contributed by atoms with Gasteiger partial charge in [0.05, 0.1) is 6.54 Å². The zero-order valence-corrected chi connectivity index (χ0v) is 14.3. The summed E-state index contributed by atoms with van der Waals surface area (Å²) in [6, 6.07) is 6.10. The Labute approximate surface area is 134 Å². The van der Waals surface area contributed by atoms with E-state index in [4.69, 9.17) is 9.47 Å². The van der Waals surface area contributed by atoms with Crippen molar-refractivity contribution in [3.8, 4) is 0 Å². The van der Waals surface area contributed by atoms with Gasteiger partial charge in [-0.15, -0.1) is 0 Å². The van der Waals surface area contributed by atoms with Crippen LogP contribution in [0.25, 0.3) is 0 Å². The third kappa shape index (κ3) is 4.71. The number of halogens is 1. The SMILES string of the molecule is CC(C)(C)OC(=O)NCC1OCCCc2c(Br)cccc21. The summed E-state index contributed by atoms with van der Waals surface area (Å²) in [7, 11) is 0. The fourth-order valence-electron chi connectivity index (χ4n) is 2.36. The molecule has 0 bridgehead atoms. The minimum absolute atomic E-state index is 0.132. The van der Waals surface area contributed by atoms with Crippen molar-refractivity contribution in [3.05, 3.63) is 33.8 Å². The average molecular weight is 356 g/mol. The topological polar surface area (TPSA) is 47.6 Å². The molecule has 1 aromatic rings. The Morgan fingerprint density at radius 1 is 1.48 bits per heavy atom. The van der Waals surface area contributed by atoms with E-state index in [0.717, 1.165) is 22.9 Å². The second-order valence-corrected chi connectivity index (χ2v) is 7.01. The smallest absolute Gasteiger partial charge is 0.407 e. The first-order chi connectivity index (χ1) is 9.87. The molecule has 1 aliphatic heterocycles. The van der Waals surface area contributed by atoms with Crippen LogP contribution in [0, 0.1) is 0 Å². The molecule has 0 fully saturated rings. The predicted molar refractivity (Wildman–Crippen MR) is 85.4 cm³/mol. The van der Waals surface area contributed by atoms with Gasteiger partial charge in [-0.2, -0.15) is 0 Å². The summed E-state index contributed by atoms with van der Waals surface area (Å²) < 4.78 is 12.2. The first-order valence-corrected chi connectivity index (χ1v) is 8.02. The van der Waals surface area contributed by atoms with Gasteiger partial charge in [-0.1, -0.05) is 28.1 Å². The molecular weight excluding hydrogens is 334 g/mol. The van der Waals surface area contributed by atoms with Crippen molar-refractivity contribution < 1.29 is 14.3 Å². The van der Waals surface area contributed by atoms with Crippen molar-refractivity contribution in [2.24, 2.45) is 0 Å². The molecule has 0 spiro atoms. The van der Waals surface area contributed by atoms with Gasteiger partial charge in [0.2, 0.25) is 0 Å².